The molecule has 0 amide bonds. The first-order valence-electron chi connectivity index (χ1n) is 27.9. The summed E-state index contributed by atoms with van der Waals surface area (Å²) in [5, 5.41) is 12.2. The molecule has 73 heavy (non-hydrogen) atoms. The summed E-state index contributed by atoms with van der Waals surface area (Å²) < 4.78 is 2.01. The van der Waals surface area contributed by atoms with Crippen LogP contribution in [0.3, 0.4) is 0 Å². The molecule has 3 aliphatic carbocycles. The monoisotopic (exact) mass is 1200 g/mol. The number of rotatable bonds is 14. The summed E-state index contributed by atoms with van der Waals surface area (Å²) in [4.78, 5) is 15.6. The van der Waals surface area contributed by atoms with Crippen LogP contribution in [0.15, 0.2) is 128 Å². The molecule has 2 saturated carbocycles. The van der Waals surface area contributed by atoms with Gasteiger partial charge in [0.15, 0.2) is 0 Å². The fraction of sp³-hybridized carbons (Fsp3) is 0.541. The van der Waals surface area contributed by atoms with Crippen LogP contribution < -0.4 is 15.1 Å². The van der Waals surface area contributed by atoms with Crippen molar-refractivity contribution >= 4 is 62.1 Å². The molecule has 1 N–H and O–H groups in total. The Hall–Kier alpha value is -3.70. The quantitative estimate of drug-likeness (QED) is 0.126. The molecular weight excluding hydrogens is 1130 g/mol. The number of nitrogens with zero attached hydrogens (tertiary/aromatic N) is 9. The van der Waals surface area contributed by atoms with Crippen molar-refractivity contribution in [3.8, 4) is 0 Å². The van der Waals surface area contributed by atoms with Gasteiger partial charge in [-0.15, -0.1) is 10.2 Å². The molecule has 6 fully saturated rings. The van der Waals surface area contributed by atoms with Gasteiger partial charge in [-0.1, -0.05) is 96.1 Å². The van der Waals surface area contributed by atoms with Crippen molar-refractivity contribution in [2.75, 3.05) is 81.8 Å². The number of benzene rings is 2. The fourth-order valence-corrected chi connectivity index (χ4v) is 15.8. The molecule has 12 rings (SSSR count). The number of aryl methyl sites for hydroxylation is 1. The Morgan fingerprint density at radius 3 is 2.40 bits per heavy atom. The Morgan fingerprint density at radius 1 is 0.836 bits per heavy atom. The Morgan fingerprint density at radius 2 is 1.66 bits per heavy atom. The molecule has 10 nitrogen and oxygen atoms in total. The van der Waals surface area contributed by atoms with Crippen LogP contribution in [0, 0.1) is 29.1 Å². The van der Waals surface area contributed by atoms with E-state index in [1.807, 2.05) is 6.33 Å². The molecule has 6 aliphatic heterocycles. The van der Waals surface area contributed by atoms with Crippen molar-refractivity contribution in [2.45, 2.75) is 97.2 Å². The molecule has 3 unspecified atom stereocenters. The highest BCUT2D eigenvalue weighted by Crippen LogP contribution is 2.73. The van der Waals surface area contributed by atoms with Crippen LogP contribution in [0.4, 0.5) is 11.4 Å². The molecule has 1 aromatic heterocycles. The number of piperazine rings is 1. The van der Waals surface area contributed by atoms with Crippen molar-refractivity contribution in [1.29, 1.82) is 0 Å². The van der Waals surface area contributed by atoms with Gasteiger partial charge >= 0.3 is 0 Å². The predicted octanol–water partition coefficient (Wildman–Crippen LogP) is 11.6. The van der Waals surface area contributed by atoms with Crippen molar-refractivity contribution in [3.05, 3.63) is 150 Å². The summed E-state index contributed by atoms with van der Waals surface area (Å²) >= 11 is 5.24. The third-order valence-electron chi connectivity index (χ3n) is 19.3. The third-order valence-corrected chi connectivity index (χ3v) is 20.5. The van der Waals surface area contributed by atoms with Crippen molar-refractivity contribution in [2.24, 2.45) is 36.1 Å². The molecule has 0 radical (unpaired) electrons. The van der Waals surface area contributed by atoms with Gasteiger partial charge in [0, 0.05) is 111 Å². The first kappa shape index (κ1) is 50.1. The minimum Gasteiger partial charge on any atom is -0.369 e. The topological polar surface area (TPSA) is 62.2 Å². The second-order valence-corrected chi connectivity index (χ2v) is 30.3. The van der Waals surface area contributed by atoms with E-state index in [4.69, 9.17) is 6.58 Å². The molecule has 0 bridgehead atoms. The zero-order chi connectivity index (χ0) is 50.2. The van der Waals surface area contributed by atoms with Gasteiger partial charge < -0.3 is 29.5 Å². The molecule has 3 aromatic rings. The third kappa shape index (κ3) is 9.66. The molecule has 7 heterocycles. The Kier molecular flexibility index (Phi) is 13.8. The Balaban J connectivity index is 0.589. The minimum absolute atomic E-state index is 0.0655. The van der Waals surface area contributed by atoms with E-state index in [1.165, 1.54) is 166 Å². The number of likely N-dealkylation sites (tertiary alicyclic amines) is 2. The van der Waals surface area contributed by atoms with Crippen LogP contribution in [0.2, 0.25) is 0 Å². The van der Waals surface area contributed by atoms with E-state index in [-0.39, 0.29) is 12.3 Å². The number of nitrogens with one attached hydrogen (secondary N) is 1. The van der Waals surface area contributed by atoms with Crippen LogP contribution in [-0.4, -0.2) is 108 Å². The second kappa shape index (κ2) is 20.0. The first-order chi connectivity index (χ1) is 35.2. The SMILES string of the molecule is C=C1CCC2(C(=C)N1)C1Cc3cc(N4CCN(CC5CCN(CCC[C@@H]6CCCN(CC7=CN8C(=C)N(c9cccc(C%10(Cc%11nncn%11C)CCC%10)c9)C=C8C(C(C)(I)I)=C7)C6)CC5)CC4)ccc3C(=C)C12. The van der Waals surface area contributed by atoms with E-state index in [0.717, 1.165) is 74.5 Å². The highest BCUT2D eigenvalue weighted by atomic mass is 127. The highest BCUT2D eigenvalue weighted by molar-refractivity contribution is 14.2. The van der Waals surface area contributed by atoms with Gasteiger partial charge in [-0.3, -0.25) is 9.80 Å². The van der Waals surface area contributed by atoms with E-state index >= 15 is 0 Å². The fourth-order valence-electron chi connectivity index (χ4n) is 14.9. The summed E-state index contributed by atoms with van der Waals surface area (Å²) in [5.74, 6) is 4.84. The number of anilines is 2. The summed E-state index contributed by atoms with van der Waals surface area (Å²) in [5.41, 5.74) is 14.8. The number of fused-ring (bicyclic) bond motifs is 5. The van der Waals surface area contributed by atoms with Crippen LogP contribution in [0.25, 0.3) is 5.57 Å². The minimum atomic E-state index is -0.0655. The molecule has 4 atom stereocenters. The van der Waals surface area contributed by atoms with E-state index in [9.17, 15) is 0 Å². The lowest BCUT2D eigenvalue weighted by Crippen LogP contribution is -2.49. The van der Waals surface area contributed by atoms with E-state index in [1.54, 1.807) is 0 Å². The highest BCUT2D eigenvalue weighted by Gasteiger charge is 2.68. The van der Waals surface area contributed by atoms with E-state index in [0.29, 0.717) is 11.8 Å². The lowest BCUT2D eigenvalue weighted by atomic mass is 9.62. The van der Waals surface area contributed by atoms with Gasteiger partial charge in [-0.25, -0.2) is 0 Å². The van der Waals surface area contributed by atoms with E-state index in [2.05, 4.69) is 189 Å². The molecule has 4 saturated heterocycles. The molecular formula is C61H78I2N10. The summed E-state index contributed by atoms with van der Waals surface area (Å²) in [7, 11) is 2.06. The van der Waals surface area contributed by atoms with Gasteiger partial charge in [0.1, 0.15) is 18.0 Å². The molecule has 1 spiro atoms. The maximum Gasteiger partial charge on any atom is 0.133 e. The number of hydrogen-bond donors (Lipinski definition) is 1. The lowest BCUT2D eigenvalue weighted by Gasteiger charge is -2.42. The number of piperidine rings is 3. The number of hydrogen-bond acceptors (Lipinski definition) is 9. The zero-order valence-corrected chi connectivity index (χ0v) is 48.1. The molecule has 386 valence electrons. The van der Waals surface area contributed by atoms with Gasteiger partial charge in [0.25, 0.3) is 0 Å². The smallest absolute Gasteiger partial charge is 0.133 e. The zero-order valence-electron chi connectivity index (χ0n) is 43.7. The summed E-state index contributed by atoms with van der Waals surface area (Å²) in [6.07, 6.45) is 24.9. The van der Waals surface area contributed by atoms with Crippen molar-refractivity contribution in [1.82, 2.24) is 39.7 Å². The second-order valence-electron chi connectivity index (χ2n) is 23.9. The van der Waals surface area contributed by atoms with Crippen molar-refractivity contribution in [3.63, 3.8) is 0 Å². The van der Waals surface area contributed by atoms with Gasteiger partial charge in [-0.05, 0) is 186 Å². The Bertz CT molecular complexity index is 2760. The van der Waals surface area contributed by atoms with Gasteiger partial charge in [0.2, 0.25) is 0 Å². The molecule has 12 heteroatoms. The van der Waals surface area contributed by atoms with Crippen LogP contribution >= 0.6 is 45.2 Å². The van der Waals surface area contributed by atoms with E-state index < -0.39 is 0 Å². The number of aromatic nitrogens is 3. The average Bonchev–Trinajstić information content (AvgIpc) is 3.61. The largest absolute Gasteiger partial charge is 0.369 e. The summed E-state index contributed by atoms with van der Waals surface area (Å²) in [6, 6.07) is 16.5. The number of alkyl halides is 2. The number of halogens is 2. The normalized spacial score (nSPS) is 27.8. The molecule has 2 aromatic carbocycles. The molecule has 9 aliphatic rings. The van der Waals surface area contributed by atoms with Crippen LogP contribution in [0.1, 0.15) is 100 Å². The van der Waals surface area contributed by atoms with Crippen molar-refractivity contribution < 1.29 is 0 Å². The van der Waals surface area contributed by atoms with Gasteiger partial charge in [-0.2, -0.15) is 0 Å². The van der Waals surface area contributed by atoms with Crippen LogP contribution in [0.5, 0.6) is 0 Å². The Labute approximate surface area is 463 Å². The maximum absolute atomic E-state index is 4.72. The van der Waals surface area contributed by atoms with Crippen LogP contribution in [-0.2, 0) is 25.3 Å². The summed E-state index contributed by atoms with van der Waals surface area (Å²) in [6.45, 7) is 33.4. The predicted molar refractivity (Wildman–Crippen MR) is 316 cm³/mol. The first-order valence-corrected chi connectivity index (χ1v) is 30.0. The number of allylic oxidation sites excluding steroid dienone is 4. The maximum atomic E-state index is 4.72. The lowest BCUT2D eigenvalue weighted by molar-refractivity contribution is 0.132. The average molecular weight is 1210 g/mol. The standard InChI is InChI=1S/C61H78I2N10/c1-42-17-22-61(44(3)65-42)55-33-49-32-51(15-16-53(49)43(2)58(55)61)71-29-27-69(28-30-71)36-47-18-25-68(26-19-47)23-8-11-46-12-9-24-70(37-46)38-48-31-54(59(5,62)63)56-40-72(45(4)73(56)39-48)52-14-7-13-50(34-52)60(20-10-21-60)35-57-66-64-41-67(57)6/h7,13-16,31-32,34,39-41,46-47,55,58,65H,1-4,8-12,17-30,33,35-38H2,5-6H3/t46-,55?,58?,61?/m1/s1. The van der Waals surface area contributed by atoms with Gasteiger partial charge in [0.05, 0.1) is 7.13 Å².